The van der Waals surface area contributed by atoms with Crippen molar-refractivity contribution in [2.75, 3.05) is 19.8 Å². The quantitative estimate of drug-likeness (QED) is 0.0940. The van der Waals surface area contributed by atoms with Gasteiger partial charge in [0.1, 0.15) is 67.1 Å². The van der Waals surface area contributed by atoms with Gasteiger partial charge in [-0.2, -0.15) is 0 Å². The molecule has 0 unspecified atom stereocenters. The van der Waals surface area contributed by atoms with E-state index >= 15 is 0 Å². The Morgan fingerprint density at radius 2 is 1.21 bits per heavy atom. The molecule has 8 aliphatic rings. The molecule has 0 aromatic carbocycles. The van der Waals surface area contributed by atoms with Crippen molar-refractivity contribution in [1.29, 1.82) is 0 Å². The molecule has 0 aromatic heterocycles. The fourth-order valence-electron chi connectivity index (χ4n) is 15.1. The van der Waals surface area contributed by atoms with Crippen molar-refractivity contribution in [3.63, 3.8) is 0 Å². The molecule has 3 aliphatic heterocycles. The van der Waals surface area contributed by atoms with E-state index in [0.717, 1.165) is 32.1 Å². The number of fused-ring (bicyclic) bond motifs is 7. The minimum atomic E-state index is -2.17. The molecule has 3 heterocycles. The zero-order valence-electron chi connectivity index (χ0n) is 39.9. The molecule has 388 valence electrons. The molecule has 3 saturated heterocycles. The highest BCUT2D eigenvalue weighted by Crippen LogP contribution is 2.76. The Labute approximate surface area is 396 Å². The average molecular weight is 973 g/mol. The molecular weight excluding hydrogens is 897 g/mol. The first-order chi connectivity index (χ1) is 31.8. The molecule has 0 spiro atoms. The molecule has 20 heteroatoms. The van der Waals surface area contributed by atoms with Crippen LogP contribution in [0.4, 0.5) is 0 Å². The van der Waals surface area contributed by atoms with Crippen LogP contribution in [0.25, 0.3) is 0 Å². The summed E-state index contributed by atoms with van der Waals surface area (Å²) in [4.78, 5) is 26.0. The Hall–Kier alpha value is -1.96. The van der Waals surface area contributed by atoms with E-state index < -0.39 is 134 Å². The van der Waals surface area contributed by atoms with Crippen LogP contribution in [-0.4, -0.2) is 191 Å². The minimum absolute atomic E-state index is 0.000998. The largest absolute Gasteiger partial charge is 0.481 e. The van der Waals surface area contributed by atoms with E-state index in [1.807, 2.05) is 6.92 Å². The average Bonchev–Trinajstić information content (AvgIpc) is 3.28. The van der Waals surface area contributed by atoms with Crippen molar-refractivity contribution in [2.45, 2.75) is 204 Å². The number of aliphatic hydroxyl groups is 10. The second-order valence-corrected chi connectivity index (χ2v) is 23.4. The van der Waals surface area contributed by atoms with Crippen LogP contribution in [0.5, 0.6) is 0 Å². The van der Waals surface area contributed by atoms with Crippen molar-refractivity contribution in [3.8, 4) is 0 Å². The van der Waals surface area contributed by atoms with Gasteiger partial charge in [0.2, 0.25) is 0 Å². The predicted molar refractivity (Wildman–Crippen MR) is 233 cm³/mol. The van der Waals surface area contributed by atoms with E-state index in [1.54, 1.807) is 0 Å². The summed E-state index contributed by atoms with van der Waals surface area (Å²) in [6.07, 6.45) is -20.1. The Balaban J connectivity index is 1.12. The summed E-state index contributed by atoms with van der Waals surface area (Å²) in [5, 5.41) is 129. The van der Waals surface area contributed by atoms with Crippen LogP contribution < -0.4 is 0 Å². The van der Waals surface area contributed by atoms with E-state index in [2.05, 4.69) is 40.7 Å². The summed E-state index contributed by atoms with van der Waals surface area (Å²) in [5.74, 6) is -2.51. The number of allylic oxidation sites excluding steroid dienone is 2. The molecule has 12 N–H and O–H groups in total. The Bertz CT molecular complexity index is 1900. The minimum Gasteiger partial charge on any atom is -0.481 e. The third-order valence-electron chi connectivity index (χ3n) is 19.5. The van der Waals surface area contributed by atoms with E-state index in [9.17, 15) is 70.9 Å². The van der Waals surface area contributed by atoms with Gasteiger partial charge in [-0.3, -0.25) is 4.79 Å². The van der Waals surface area contributed by atoms with Gasteiger partial charge in [0, 0.05) is 5.41 Å². The molecule has 5 aliphatic carbocycles. The summed E-state index contributed by atoms with van der Waals surface area (Å²) in [5.41, 5.74) is -1.44. The van der Waals surface area contributed by atoms with Gasteiger partial charge in [0.25, 0.3) is 0 Å². The predicted octanol–water partition coefficient (Wildman–Crippen LogP) is -0.229. The fourth-order valence-corrected chi connectivity index (χ4v) is 15.1. The molecular formula is C48H76O20. The van der Waals surface area contributed by atoms with Crippen LogP contribution >= 0.6 is 0 Å². The molecule has 8 rings (SSSR count). The van der Waals surface area contributed by atoms with Gasteiger partial charge in [-0.1, -0.05) is 53.2 Å². The standard InChI is InChI=1S/C48H76O20/c1-43(2)13-15-48(42(61)62)16-14-46(5)21(22(48)17-43)7-8-26-44(3)11-10-27(45(4,20-51)25(44)9-12-47(26,46)6)65-41-37(68-40-33(57)31(55)29(53)24(19-50)64-40)35(34(58)36(67-41)38(59)60)66-39-32(56)30(54)28(52)23(18-49)63-39/h7,22-37,39-41,49-58H,8-20H2,1-6H3,(H,59,60)(H,61,62)/t22-,23+,24+,25+,26+,27-,28+,29+,30-,31-,32+,33+,34-,35-,36-,37+,39-,40-,41+,44-,45-,46+,47+,48-/m0/s1. The zero-order valence-corrected chi connectivity index (χ0v) is 39.9. The number of aliphatic carboxylic acids is 2. The second-order valence-electron chi connectivity index (χ2n) is 23.4. The van der Waals surface area contributed by atoms with E-state index in [4.69, 9.17) is 28.4 Å². The van der Waals surface area contributed by atoms with Crippen LogP contribution in [0.1, 0.15) is 106 Å². The number of rotatable bonds is 11. The maximum atomic E-state index is 13.2. The highest BCUT2D eigenvalue weighted by molar-refractivity contribution is 5.76. The summed E-state index contributed by atoms with van der Waals surface area (Å²) in [6.45, 7) is 11.3. The van der Waals surface area contributed by atoms with E-state index in [1.165, 1.54) is 5.57 Å². The Morgan fingerprint density at radius 3 is 1.75 bits per heavy atom. The SMILES string of the molecule is CC1(C)CC[C@]2(C(=O)O)CC[C@]3(C)C(=CC[C@@H]4[C@@]5(C)CC[C@H](O[C@@H]6O[C@H](C(=O)O)[C@@H](O)[C@H](O[C@@H]7O[C@H](CO)[C@@H](O)[C@H](O)[C@H]7O)[C@H]6O[C@@H]6O[C@H](CO)[C@@H](O)[C@H](O)[C@H]6O)[C@@](C)(CO)[C@@H]5CC[C@]43C)[C@@H]2C1. The first-order valence-corrected chi connectivity index (χ1v) is 24.5. The van der Waals surface area contributed by atoms with Gasteiger partial charge in [-0.25, -0.2) is 4.79 Å². The summed E-state index contributed by atoms with van der Waals surface area (Å²) in [6, 6.07) is 0. The number of hydrogen-bond acceptors (Lipinski definition) is 18. The normalized spacial score (nSPS) is 53.5. The molecule has 20 nitrogen and oxygen atoms in total. The summed E-state index contributed by atoms with van der Waals surface area (Å²) >= 11 is 0. The highest BCUT2D eigenvalue weighted by atomic mass is 16.8. The molecule has 0 aromatic rings. The van der Waals surface area contributed by atoms with Gasteiger partial charge >= 0.3 is 11.9 Å². The first-order valence-electron chi connectivity index (χ1n) is 24.5. The van der Waals surface area contributed by atoms with Crippen molar-refractivity contribution >= 4 is 11.9 Å². The van der Waals surface area contributed by atoms with Crippen LogP contribution in [-0.2, 0) is 38.0 Å². The molecule has 0 radical (unpaired) electrons. The van der Waals surface area contributed by atoms with Gasteiger partial charge in [-0.15, -0.1) is 0 Å². The number of carboxylic acid groups (broad SMARTS) is 2. The van der Waals surface area contributed by atoms with Crippen LogP contribution in [0.3, 0.4) is 0 Å². The highest BCUT2D eigenvalue weighted by Gasteiger charge is 2.70. The maximum absolute atomic E-state index is 13.2. The van der Waals surface area contributed by atoms with Crippen molar-refractivity contribution < 1.29 is 99.3 Å². The van der Waals surface area contributed by atoms with Crippen LogP contribution in [0, 0.1) is 50.2 Å². The van der Waals surface area contributed by atoms with Crippen LogP contribution in [0.2, 0.25) is 0 Å². The van der Waals surface area contributed by atoms with Gasteiger partial charge in [0.15, 0.2) is 25.0 Å². The lowest BCUT2D eigenvalue weighted by Crippen LogP contribution is -2.69. The third-order valence-corrected chi connectivity index (χ3v) is 19.5. The lowest BCUT2D eigenvalue weighted by atomic mass is 9.33. The monoisotopic (exact) mass is 972 g/mol. The molecule has 0 bridgehead atoms. The Kier molecular flexibility index (Phi) is 14.3. The van der Waals surface area contributed by atoms with Gasteiger partial charge in [0.05, 0.1) is 31.3 Å². The van der Waals surface area contributed by atoms with E-state index in [-0.39, 0.29) is 46.0 Å². The van der Waals surface area contributed by atoms with Crippen molar-refractivity contribution in [2.24, 2.45) is 50.2 Å². The zero-order chi connectivity index (χ0) is 49.8. The van der Waals surface area contributed by atoms with Gasteiger partial charge < -0.3 is 89.7 Å². The first kappa shape index (κ1) is 52.4. The number of carbonyl (C=O) groups is 2. The van der Waals surface area contributed by atoms with Gasteiger partial charge in [-0.05, 0) is 104 Å². The topological polar surface area (TPSA) is 332 Å². The lowest BCUT2D eigenvalue weighted by Gasteiger charge is -2.71. The second kappa shape index (κ2) is 18.5. The molecule has 68 heavy (non-hydrogen) atoms. The summed E-state index contributed by atoms with van der Waals surface area (Å²) < 4.78 is 36.2. The smallest absolute Gasteiger partial charge is 0.335 e. The maximum Gasteiger partial charge on any atom is 0.335 e. The lowest BCUT2D eigenvalue weighted by molar-refractivity contribution is -0.397. The van der Waals surface area contributed by atoms with Crippen molar-refractivity contribution in [1.82, 2.24) is 0 Å². The number of aliphatic hydroxyl groups excluding tert-OH is 10. The number of ether oxygens (including phenoxy) is 6. The Morgan fingerprint density at radius 1 is 0.632 bits per heavy atom. The number of hydrogen-bond donors (Lipinski definition) is 12. The third kappa shape index (κ3) is 8.03. The fraction of sp³-hybridized carbons (Fsp3) is 0.917. The molecule has 7 fully saturated rings. The van der Waals surface area contributed by atoms with E-state index in [0.29, 0.717) is 32.1 Å². The van der Waals surface area contributed by atoms with Crippen LogP contribution in [0.15, 0.2) is 11.6 Å². The summed E-state index contributed by atoms with van der Waals surface area (Å²) in [7, 11) is 0. The molecule has 0 amide bonds. The van der Waals surface area contributed by atoms with Crippen molar-refractivity contribution in [3.05, 3.63) is 11.6 Å². The molecule has 24 atom stereocenters. The molecule has 4 saturated carbocycles. The number of carboxylic acids is 2.